The molecule has 6 heteroatoms. The predicted molar refractivity (Wildman–Crippen MR) is 37.0 cm³/mol. The largest absolute Gasteiger partial charge is 0.476 e. The Morgan fingerprint density at radius 1 is 1.75 bits per heavy atom. The van der Waals surface area contributed by atoms with Crippen LogP contribution in [0.2, 0.25) is 0 Å². The van der Waals surface area contributed by atoms with Crippen LogP contribution < -0.4 is 5.49 Å². The van der Waals surface area contributed by atoms with E-state index in [-0.39, 0.29) is 0 Å². The van der Waals surface area contributed by atoms with E-state index in [0.717, 1.165) is 6.20 Å². The van der Waals surface area contributed by atoms with Gasteiger partial charge in [-0.3, -0.25) is 5.41 Å². The average molecular weight is 169 g/mol. The summed E-state index contributed by atoms with van der Waals surface area (Å²) in [6.45, 7) is 1.53. The fourth-order valence-corrected chi connectivity index (χ4v) is 0.757. The van der Waals surface area contributed by atoms with E-state index in [4.69, 9.17) is 15.7 Å². The van der Waals surface area contributed by atoms with Crippen LogP contribution in [0.4, 0.5) is 0 Å². The van der Waals surface area contributed by atoms with Gasteiger partial charge < -0.3 is 10.3 Å². The molecule has 1 heterocycles. The minimum atomic E-state index is -1.33. The molecule has 0 bridgehead atoms. The second-order valence-corrected chi connectivity index (χ2v) is 2.23. The minimum absolute atomic E-state index is 0.339. The lowest BCUT2D eigenvalue weighted by Crippen LogP contribution is -2.27. The van der Waals surface area contributed by atoms with E-state index in [0.29, 0.717) is 10.4 Å². The standard InChI is InChI=1S/C6H7N3O3/c1-3-2-9(12)5(7)4(8-3)6(10)11/h2,7,12H,1H3,(H,10,11). The Morgan fingerprint density at radius 2 is 2.33 bits per heavy atom. The van der Waals surface area contributed by atoms with Gasteiger partial charge in [0, 0.05) is 0 Å². The van der Waals surface area contributed by atoms with Crippen LogP contribution in [-0.2, 0) is 0 Å². The number of nitrogens with zero attached hydrogens (tertiary/aromatic N) is 2. The monoisotopic (exact) mass is 169 g/mol. The second kappa shape index (κ2) is 2.65. The fourth-order valence-electron chi connectivity index (χ4n) is 0.757. The van der Waals surface area contributed by atoms with Crippen molar-refractivity contribution in [1.82, 2.24) is 9.71 Å². The Labute approximate surface area is 67.2 Å². The third-order valence-corrected chi connectivity index (χ3v) is 1.25. The van der Waals surface area contributed by atoms with Gasteiger partial charge in [-0.2, -0.15) is 4.73 Å². The normalized spacial score (nSPS) is 9.75. The highest BCUT2D eigenvalue weighted by Gasteiger charge is 2.10. The Bertz CT molecular complexity index is 382. The number of aromatic carboxylic acids is 1. The molecular weight excluding hydrogens is 162 g/mol. The first kappa shape index (κ1) is 8.25. The van der Waals surface area contributed by atoms with E-state index in [1.54, 1.807) is 0 Å². The fraction of sp³-hybridized carbons (Fsp3) is 0.167. The van der Waals surface area contributed by atoms with Crippen LogP contribution in [0.1, 0.15) is 16.2 Å². The topological polar surface area (TPSA) is 99.2 Å². The number of hydrogen-bond acceptors (Lipinski definition) is 4. The highest BCUT2D eigenvalue weighted by molar-refractivity contribution is 5.84. The summed E-state index contributed by atoms with van der Waals surface area (Å²) in [6.07, 6.45) is 1.16. The van der Waals surface area contributed by atoms with Gasteiger partial charge in [-0.25, -0.2) is 9.78 Å². The van der Waals surface area contributed by atoms with Crippen LogP contribution in [0.5, 0.6) is 0 Å². The first-order chi connectivity index (χ1) is 5.52. The molecule has 0 aliphatic rings. The Morgan fingerprint density at radius 3 is 2.83 bits per heavy atom. The molecule has 6 nitrogen and oxygen atoms in total. The number of rotatable bonds is 1. The number of nitrogens with one attached hydrogen (secondary N) is 1. The van der Waals surface area contributed by atoms with Crippen LogP contribution >= 0.6 is 0 Å². The maximum Gasteiger partial charge on any atom is 0.358 e. The second-order valence-electron chi connectivity index (χ2n) is 2.23. The van der Waals surface area contributed by atoms with Gasteiger partial charge in [0.1, 0.15) is 0 Å². The molecule has 12 heavy (non-hydrogen) atoms. The third-order valence-electron chi connectivity index (χ3n) is 1.25. The summed E-state index contributed by atoms with van der Waals surface area (Å²) in [5.41, 5.74) is -0.656. The quantitative estimate of drug-likeness (QED) is 0.498. The molecular formula is C6H7N3O3. The number of carbonyl (C=O) groups is 1. The molecule has 0 radical (unpaired) electrons. The summed E-state index contributed by atoms with van der Waals surface area (Å²) >= 11 is 0. The zero-order chi connectivity index (χ0) is 9.30. The van der Waals surface area contributed by atoms with E-state index in [9.17, 15) is 4.79 Å². The van der Waals surface area contributed by atoms with Gasteiger partial charge in [0.15, 0.2) is 11.2 Å². The SMILES string of the molecule is Cc1cn(O)c(=N)c(C(=O)O)n1. The molecule has 0 spiro atoms. The molecule has 1 aromatic heterocycles. The summed E-state index contributed by atoms with van der Waals surface area (Å²) in [7, 11) is 0. The maximum absolute atomic E-state index is 10.4. The molecule has 0 aliphatic heterocycles. The predicted octanol–water partition coefficient (Wildman–Crippen LogP) is -0.394. The van der Waals surface area contributed by atoms with Crippen LogP contribution in [0.25, 0.3) is 0 Å². The van der Waals surface area contributed by atoms with Crippen LogP contribution in [0.3, 0.4) is 0 Å². The summed E-state index contributed by atoms with van der Waals surface area (Å²) < 4.78 is 0.422. The van der Waals surface area contributed by atoms with Crippen molar-refractivity contribution in [2.75, 3.05) is 0 Å². The van der Waals surface area contributed by atoms with Crippen molar-refractivity contribution in [2.24, 2.45) is 0 Å². The van der Waals surface area contributed by atoms with E-state index < -0.39 is 17.2 Å². The van der Waals surface area contributed by atoms with Crippen LogP contribution in [0.15, 0.2) is 6.20 Å². The van der Waals surface area contributed by atoms with Gasteiger partial charge in [0.25, 0.3) is 0 Å². The van der Waals surface area contributed by atoms with Crippen LogP contribution in [0, 0.1) is 12.3 Å². The molecule has 64 valence electrons. The molecule has 0 atom stereocenters. The van der Waals surface area contributed by atoms with Gasteiger partial charge in [0.2, 0.25) is 0 Å². The molecule has 3 N–H and O–H groups in total. The van der Waals surface area contributed by atoms with Crippen LogP contribution in [-0.4, -0.2) is 26.0 Å². The number of aryl methyl sites for hydroxylation is 1. The van der Waals surface area contributed by atoms with Crippen molar-refractivity contribution in [3.05, 3.63) is 23.1 Å². The first-order valence-corrected chi connectivity index (χ1v) is 3.10. The van der Waals surface area contributed by atoms with E-state index in [1.165, 1.54) is 6.92 Å². The van der Waals surface area contributed by atoms with E-state index in [1.807, 2.05) is 0 Å². The molecule has 0 aromatic carbocycles. The highest BCUT2D eigenvalue weighted by atomic mass is 16.5. The van der Waals surface area contributed by atoms with Gasteiger partial charge in [0.05, 0.1) is 11.9 Å². The van der Waals surface area contributed by atoms with Crippen molar-refractivity contribution in [2.45, 2.75) is 6.92 Å². The maximum atomic E-state index is 10.4. The lowest BCUT2D eigenvalue weighted by atomic mass is 10.4. The molecule has 0 aliphatic carbocycles. The lowest BCUT2D eigenvalue weighted by molar-refractivity contribution is 0.0677. The number of carboxylic acid groups (broad SMARTS) is 1. The third kappa shape index (κ3) is 1.26. The Balaban J connectivity index is 3.49. The van der Waals surface area contributed by atoms with Gasteiger partial charge >= 0.3 is 5.97 Å². The summed E-state index contributed by atoms with van der Waals surface area (Å²) in [5.74, 6) is -1.33. The Hall–Kier alpha value is -1.85. The summed E-state index contributed by atoms with van der Waals surface area (Å²) in [6, 6.07) is 0. The zero-order valence-electron chi connectivity index (χ0n) is 6.27. The minimum Gasteiger partial charge on any atom is -0.476 e. The van der Waals surface area contributed by atoms with E-state index in [2.05, 4.69) is 4.98 Å². The lowest BCUT2D eigenvalue weighted by Gasteiger charge is -2.00. The van der Waals surface area contributed by atoms with Crippen molar-refractivity contribution in [3.8, 4) is 0 Å². The van der Waals surface area contributed by atoms with Crippen molar-refractivity contribution in [3.63, 3.8) is 0 Å². The Kier molecular flexibility index (Phi) is 1.82. The summed E-state index contributed by atoms with van der Waals surface area (Å²) in [5, 5.41) is 24.6. The van der Waals surface area contributed by atoms with Gasteiger partial charge in [-0.15, -0.1) is 0 Å². The molecule has 1 aromatic rings. The molecule has 0 saturated heterocycles. The highest BCUT2D eigenvalue weighted by Crippen LogP contribution is 1.90. The molecule has 0 fully saturated rings. The van der Waals surface area contributed by atoms with Crippen molar-refractivity contribution < 1.29 is 15.1 Å². The smallest absolute Gasteiger partial charge is 0.358 e. The molecule has 0 saturated carbocycles. The van der Waals surface area contributed by atoms with Gasteiger partial charge in [-0.05, 0) is 6.92 Å². The average Bonchev–Trinajstić information content (AvgIpc) is 1.96. The number of carboxylic acids is 1. The van der Waals surface area contributed by atoms with E-state index >= 15 is 0 Å². The van der Waals surface area contributed by atoms with Crippen molar-refractivity contribution >= 4 is 5.97 Å². The summed E-state index contributed by atoms with van der Waals surface area (Å²) in [4.78, 5) is 14.0. The number of hydrogen-bond donors (Lipinski definition) is 3. The van der Waals surface area contributed by atoms with Crippen molar-refractivity contribution in [1.29, 1.82) is 5.41 Å². The first-order valence-electron chi connectivity index (χ1n) is 3.10. The number of aromatic nitrogens is 2. The molecule has 1 rings (SSSR count). The molecule has 0 amide bonds. The molecule has 0 unspecified atom stereocenters. The van der Waals surface area contributed by atoms with Gasteiger partial charge in [-0.1, -0.05) is 0 Å². The zero-order valence-corrected chi connectivity index (χ0v) is 6.27.